The van der Waals surface area contributed by atoms with Crippen molar-refractivity contribution >= 4 is 11.3 Å². The number of halogens is 3. The Kier molecular flexibility index (Phi) is 5.06. The minimum absolute atomic E-state index is 0.263. The Morgan fingerprint density at radius 1 is 1.19 bits per heavy atom. The van der Waals surface area contributed by atoms with E-state index in [1.54, 1.807) is 17.4 Å². The number of benzene rings is 1. The van der Waals surface area contributed by atoms with Gasteiger partial charge in [0.1, 0.15) is 0 Å². The summed E-state index contributed by atoms with van der Waals surface area (Å²) in [5.41, 5.74) is 0.0149. The van der Waals surface area contributed by atoms with Crippen LogP contribution < -0.4 is 5.32 Å². The lowest BCUT2D eigenvalue weighted by molar-refractivity contribution is -0.137. The fourth-order valence-corrected chi connectivity index (χ4v) is 3.41. The van der Waals surface area contributed by atoms with Gasteiger partial charge in [0.2, 0.25) is 0 Å². The minimum atomic E-state index is -4.30. The number of hydrogen-bond donors (Lipinski definition) is 1. The molecule has 0 aliphatic carbocycles. The van der Waals surface area contributed by atoms with Crippen molar-refractivity contribution in [1.29, 1.82) is 0 Å². The fraction of sp³-hybridized carbons (Fsp3) is 0.375. The lowest BCUT2D eigenvalue weighted by Gasteiger charge is -2.12. The second kappa shape index (κ2) is 6.62. The van der Waals surface area contributed by atoms with E-state index < -0.39 is 11.7 Å². The van der Waals surface area contributed by atoms with Crippen LogP contribution in [-0.4, -0.2) is 7.05 Å². The fourth-order valence-electron chi connectivity index (χ4n) is 2.26. The quantitative estimate of drug-likeness (QED) is 0.769. The zero-order chi connectivity index (χ0) is 15.5. The summed E-state index contributed by atoms with van der Waals surface area (Å²) in [6, 6.07) is 9.65. The van der Waals surface area contributed by atoms with Crippen molar-refractivity contribution in [1.82, 2.24) is 5.32 Å². The van der Waals surface area contributed by atoms with E-state index in [4.69, 9.17) is 0 Å². The minimum Gasteiger partial charge on any atom is -0.312 e. The van der Waals surface area contributed by atoms with Crippen LogP contribution in [0.25, 0.3) is 10.4 Å². The van der Waals surface area contributed by atoms with Gasteiger partial charge in [0.05, 0.1) is 5.56 Å². The maximum Gasteiger partial charge on any atom is 0.416 e. The molecule has 1 N–H and O–H groups in total. The normalized spacial score (nSPS) is 13.4. The lowest BCUT2D eigenvalue weighted by atomic mass is 10.1. The molecule has 1 heterocycles. The van der Waals surface area contributed by atoms with Crippen LogP contribution >= 0.6 is 11.3 Å². The summed E-state index contributed by atoms with van der Waals surface area (Å²) in [6.07, 6.45) is -2.23. The monoisotopic (exact) mass is 313 g/mol. The molecule has 0 amide bonds. The molecule has 0 saturated carbocycles. The Morgan fingerprint density at radius 3 is 2.57 bits per heavy atom. The summed E-state index contributed by atoms with van der Waals surface area (Å²) in [6.45, 7) is 2.12. The Balaban J connectivity index is 2.29. The Hall–Kier alpha value is -1.33. The number of nitrogens with one attached hydrogen (secondary N) is 1. The van der Waals surface area contributed by atoms with Gasteiger partial charge >= 0.3 is 6.18 Å². The summed E-state index contributed by atoms with van der Waals surface area (Å²) in [5, 5.41) is 3.25. The van der Waals surface area contributed by atoms with Gasteiger partial charge in [0.15, 0.2) is 0 Å². The number of alkyl halides is 3. The van der Waals surface area contributed by atoms with Gasteiger partial charge in [-0.05, 0) is 43.3 Å². The van der Waals surface area contributed by atoms with Gasteiger partial charge in [-0.25, -0.2) is 0 Å². The topological polar surface area (TPSA) is 12.0 Å². The van der Waals surface area contributed by atoms with Crippen LogP contribution in [0.2, 0.25) is 0 Å². The summed E-state index contributed by atoms with van der Waals surface area (Å²) in [4.78, 5) is 2.03. The van der Waals surface area contributed by atoms with E-state index in [9.17, 15) is 13.2 Å². The first-order chi connectivity index (χ1) is 9.95. The SMILES string of the molecule is CCCC(NC)c1ccc(-c2cccc(C(F)(F)F)c2)s1. The maximum atomic E-state index is 12.8. The Bertz CT molecular complexity index is 589. The summed E-state index contributed by atoms with van der Waals surface area (Å²) < 4.78 is 38.3. The van der Waals surface area contributed by atoms with Gasteiger partial charge < -0.3 is 5.32 Å². The zero-order valence-electron chi connectivity index (χ0n) is 12.0. The lowest BCUT2D eigenvalue weighted by Crippen LogP contribution is -2.14. The van der Waals surface area contributed by atoms with E-state index in [-0.39, 0.29) is 6.04 Å². The second-order valence-electron chi connectivity index (χ2n) is 4.91. The van der Waals surface area contributed by atoms with Crippen molar-refractivity contribution in [2.45, 2.75) is 32.0 Å². The molecule has 1 unspecified atom stereocenters. The third kappa shape index (κ3) is 3.86. The van der Waals surface area contributed by atoms with Crippen molar-refractivity contribution < 1.29 is 13.2 Å². The van der Waals surface area contributed by atoms with Gasteiger partial charge in [-0.3, -0.25) is 0 Å². The molecule has 1 nitrogen and oxygen atoms in total. The molecule has 0 spiro atoms. The first kappa shape index (κ1) is 16.0. The number of rotatable bonds is 5. The summed E-state index contributed by atoms with van der Waals surface area (Å²) >= 11 is 1.55. The zero-order valence-corrected chi connectivity index (χ0v) is 12.8. The van der Waals surface area contributed by atoms with Crippen LogP contribution in [0.15, 0.2) is 36.4 Å². The molecule has 0 aliphatic rings. The first-order valence-electron chi connectivity index (χ1n) is 6.90. The molecule has 1 atom stereocenters. The third-order valence-electron chi connectivity index (χ3n) is 3.37. The smallest absolute Gasteiger partial charge is 0.312 e. The van der Waals surface area contributed by atoms with E-state index >= 15 is 0 Å². The molecule has 114 valence electrons. The van der Waals surface area contributed by atoms with Crippen molar-refractivity contribution in [3.05, 3.63) is 46.8 Å². The van der Waals surface area contributed by atoms with E-state index in [1.807, 2.05) is 19.2 Å². The molecule has 21 heavy (non-hydrogen) atoms. The highest BCUT2D eigenvalue weighted by molar-refractivity contribution is 7.15. The van der Waals surface area contributed by atoms with Crippen molar-refractivity contribution in [2.75, 3.05) is 7.05 Å². The van der Waals surface area contributed by atoms with Crippen LogP contribution in [0, 0.1) is 0 Å². The van der Waals surface area contributed by atoms with Gasteiger partial charge in [-0.1, -0.05) is 25.5 Å². The average molecular weight is 313 g/mol. The van der Waals surface area contributed by atoms with Crippen LogP contribution in [-0.2, 0) is 6.18 Å². The van der Waals surface area contributed by atoms with Crippen molar-refractivity contribution in [3.63, 3.8) is 0 Å². The van der Waals surface area contributed by atoms with E-state index in [0.717, 1.165) is 28.7 Å². The molecule has 0 saturated heterocycles. The molecular formula is C16H18F3NS. The molecule has 0 fully saturated rings. The van der Waals surface area contributed by atoms with Crippen molar-refractivity contribution in [2.24, 2.45) is 0 Å². The van der Waals surface area contributed by atoms with Crippen LogP contribution in [0.5, 0.6) is 0 Å². The predicted octanol–water partition coefficient (Wildman–Crippen LogP) is 5.49. The molecule has 2 aromatic rings. The maximum absolute atomic E-state index is 12.8. The largest absolute Gasteiger partial charge is 0.416 e. The molecule has 0 bridgehead atoms. The molecule has 0 radical (unpaired) electrons. The highest BCUT2D eigenvalue weighted by Crippen LogP contribution is 2.36. The highest BCUT2D eigenvalue weighted by atomic mass is 32.1. The molecule has 1 aromatic heterocycles. The molecule has 0 aliphatic heterocycles. The van der Waals surface area contributed by atoms with Crippen molar-refractivity contribution in [3.8, 4) is 10.4 Å². The van der Waals surface area contributed by atoms with Gasteiger partial charge in [0.25, 0.3) is 0 Å². The summed E-state index contributed by atoms with van der Waals surface area (Å²) in [7, 11) is 1.91. The summed E-state index contributed by atoms with van der Waals surface area (Å²) in [5.74, 6) is 0. The third-order valence-corrected chi connectivity index (χ3v) is 4.62. The molecule has 2 rings (SSSR count). The first-order valence-corrected chi connectivity index (χ1v) is 7.72. The van der Waals surface area contributed by atoms with Gasteiger partial charge in [0, 0.05) is 15.8 Å². The second-order valence-corrected chi connectivity index (χ2v) is 6.03. The standard InChI is InChI=1S/C16H18F3NS/c1-3-5-13(20-2)15-9-8-14(21-15)11-6-4-7-12(10-11)16(17,18)19/h4,6-10,13,20H,3,5H2,1-2H3. The van der Waals surface area contributed by atoms with Gasteiger partial charge in [-0.15, -0.1) is 11.3 Å². The molecular weight excluding hydrogens is 295 g/mol. The Morgan fingerprint density at radius 2 is 1.95 bits per heavy atom. The average Bonchev–Trinajstić information content (AvgIpc) is 2.93. The van der Waals surface area contributed by atoms with Crippen LogP contribution in [0.3, 0.4) is 0 Å². The van der Waals surface area contributed by atoms with E-state index in [2.05, 4.69) is 12.2 Å². The highest BCUT2D eigenvalue weighted by Gasteiger charge is 2.30. The van der Waals surface area contributed by atoms with E-state index in [0.29, 0.717) is 5.56 Å². The van der Waals surface area contributed by atoms with Crippen LogP contribution in [0.4, 0.5) is 13.2 Å². The Labute approximate surface area is 126 Å². The molecule has 5 heteroatoms. The van der Waals surface area contributed by atoms with E-state index in [1.165, 1.54) is 12.1 Å². The number of hydrogen-bond acceptors (Lipinski definition) is 2. The van der Waals surface area contributed by atoms with Crippen LogP contribution in [0.1, 0.15) is 36.2 Å². The number of thiophene rings is 1. The predicted molar refractivity (Wildman–Crippen MR) is 81.5 cm³/mol. The van der Waals surface area contributed by atoms with Gasteiger partial charge in [-0.2, -0.15) is 13.2 Å². The molecule has 1 aromatic carbocycles.